The molecular formula is C11H20N4O4S. The molecule has 0 aromatic carbocycles. The number of nitrogens with zero attached hydrogens (tertiary/aromatic N) is 2. The Morgan fingerprint density at radius 2 is 1.90 bits per heavy atom. The molecule has 20 heavy (non-hydrogen) atoms. The van der Waals surface area contributed by atoms with Crippen molar-refractivity contribution in [3.05, 3.63) is 18.5 Å². The molecule has 0 fully saturated rings. The molecule has 9 heteroatoms. The van der Waals surface area contributed by atoms with Gasteiger partial charge in [0.2, 0.25) is 10.0 Å². The van der Waals surface area contributed by atoms with Gasteiger partial charge in [-0.3, -0.25) is 10.8 Å². The Morgan fingerprint density at radius 1 is 1.30 bits per heavy atom. The van der Waals surface area contributed by atoms with Crippen molar-refractivity contribution in [3.8, 4) is 0 Å². The molecule has 0 saturated carbocycles. The third-order valence-electron chi connectivity index (χ3n) is 2.65. The van der Waals surface area contributed by atoms with Gasteiger partial charge in [-0.2, -0.15) is 4.31 Å². The second-order valence-corrected chi connectivity index (χ2v) is 5.81. The van der Waals surface area contributed by atoms with E-state index in [-0.39, 0.29) is 31.2 Å². The Morgan fingerprint density at radius 3 is 2.40 bits per heavy atom. The van der Waals surface area contributed by atoms with Crippen molar-refractivity contribution < 1.29 is 17.9 Å². The van der Waals surface area contributed by atoms with Crippen LogP contribution in [0.3, 0.4) is 0 Å². The molecule has 0 bridgehead atoms. The molecule has 0 spiro atoms. The van der Waals surface area contributed by atoms with Gasteiger partial charge in [-0.25, -0.2) is 8.42 Å². The van der Waals surface area contributed by atoms with Crippen LogP contribution in [0, 0.1) is 0 Å². The maximum Gasteiger partial charge on any atom is 0.246 e. The molecule has 1 aromatic heterocycles. The van der Waals surface area contributed by atoms with E-state index in [9.17, 15) is 8.42 Å². The lowest BCUT2D eigenvalue weighted by Gasteiger charge is -2.22. The van der Waals surface area contributed by atoms with E-state index in [1.165, 1.54) is 37.0 Å². The van der Waals surface area contributed by atoms with E-state index in [1.54, 1.807) is 0 Å². The number of hydrogen-bond acceptors (Lipinski definition) is 7. The molecule has 1 rings (SSSR count). The zero-order chi connectivity index (χ0) is 15.0. The van der Waals surface area contributed by atoms with Crippen LogP contribution in [-0.4, -0.2) is 58.2 Å². The number of anilines is 1. The largest absolute Gasteiger partial charge is 0.383 e. The van der Waals surface area contributed by atoms with E-state index in [4.69, 9.17) is 15.3 Å². The van der Waals surface area contributed by atoms with E-state index in [2.05, 4.69) is 10.4 Å². The van der Waals surface area contributed by atoms with Crippen molar-refractivity contribution in [2.24, 2.45) is 5.84 Å². The van der Waals surface area contributed by atoms with E-state index in [1.807, 2.05) is 0 Å². The maximum atomic E-state index is 12.6. The topological polar surface area (TPSA) is 107 Å². The number of aromatic nitrogens is 1. The summed E-state index contributed by atoms with van der Waals surface area (Å²) < 4.78 is 36.4. The third kappa shape index (κ3) is 4.12. The molecule has 8 nitrogen and oxygen atoms in total. The first-order valence-corrected chi connectivity index (χ1v) is 7.40. The van der Waals surface area contributed by atoms with Crippen LogP contribution in [0.5, 0.6) is 0 Å². The van der Waals surface area contributed by atoms with Crippen LogP contribution in [0.1, 0.15) is 0 Å². The first-order valence-electron chi connectivity index (χ1n) is 5.96. The predicted octanol–water partition coefficient (Wildman–Crippen LogP) is -0.349. The minimum absolute atomic E-state index is 0.0229. The van der Waals surface area contributed by atoms with Gasteiger partial charge in [0.05, 0.1) is 18.9 Å². The monoisotopic (exact) mass is 304 g/mol. The van der Waals surface area contributed by atoms with Gasteiger partial charge in [0.1, 0.15) is 4.90 Å². The lowest BCUT2D eigenvalue weighted by Crippen LogP contribution is -2.37. The molecule has 0 aliphatic carbocycles. The second-order valence-electron chi connectivity index (χ2n) is 3.91. The number of hydrogen-bond donors (Lipinski definition) is 2. The van der Waals surface area contributed by atoms with Crippen LogP contribution >= 0.6 is 0 Å². The quantitative estimate of drug-likeness (QED) is 0.474. The second kappa shape index (κ2) is 8.12. The van der Waals surface area contributed by atoms with Crippen molar-refractivity contribution in [2.75, 3.05) is 45.9 Å². The Hall–Kier alpha value is -1.26. The van der Waals surface area contributed by atoms with Crippen molar-refractivity contribution in [2.45, 2.75) is 4.90 Å². The van der Waals surface area contributed by atoms with Crippen molar-refractivity contribution in [1.29, 1.82) is 0 Å². The molecule has 1 heterocycles. The maximum absolute atomic E-state index is 12.6. The fourth-order valence-corrected chi connectivity index (χ4v) is 3.09. The summed E-state index contributed by atoms with van der Waals surface area (Å²) in [5.74, 6) is 5.34. The molecule has 1 aromatic rings. The van der Waals surface area contributed by atoms with Gasteiger partial charge in [0, 0.05) is 39.7 Å². The highest BCUT2D eigenvalue weighted by atomic mass is 32.2. The van der Waals surface area contributed by atoms with Crippen molar-refractivity contribution in [3.63, 3.8) is 0 Å². The van der Waals surface area contributed by atoms with E-state index in [0.29, 0.717) is 5.69 Å². The number of nitrogens with one attached hydrogen (secondary N) is 1. The summed E-state index contributed by atoms with van der Waals surface area (Å²) in [5.41, 5.74) is 2.65. The van der Waals surface area contributed by atoms with Gasteiger partial charge in [-0.05, 0) is 6.07 Å². The first-order chi connectivity index (χ1) is 9.57. The van der Waals surface area contributed by atoms with Gasteiger partial charge in [0.15, 0.2) is 0 Å². The van der Waals surface area contributed by atoms with Crippen LogP contribution in [-0.2, 0) is 19.5 Å². The number of hydrazine groups is 1. The molecular weight excluding hydrogens is 284 g/mol. The van der Waals surface area contributed by atoms with E-state index >= 15 is 0 Å². The highest BCUT2D eigenvalue weighted by Gasteiger charge is 2.26. The van der Waals surface area contributed by atoms with E-state index in [0.717, 1.165) is 0 Å². The molecule has 0 radical (unpaired) electrons. The number of methoxy groups -OCH3 is 2. The Bertz CT molecular complexity index is 501. The Kier molecular flexibility index (Phi) is 6.82. The molecule has 0 aliphatic rings. The Labute approximate surface area is 118 Å². The zero-order valence-corrected chi connectivity index (χ0v) is 12.4. The minimum Gasteiger partial charge on any atom is -0.383 e. The summed E-state index contributed by atoms with van der Waals surface area (Å²) in [4.78, 5) is 3.86. The summed E-state index contributed by atoms with van der Waals surface area (Å²) in [6, 6.07) is 1.50. The molecule has 0 aliphatic heterocycles. The van der Waals surface area contributed by atoms with E-state index < -0.39 is 10.0 Å². The number of nitrogens with two attached hydrogens (primary N) is 1. The van der Waals surface area contributed by atoms with Crippen LogP contribution in [0.15, 0.2) is 23.4 Å². The first kappa shape index (κ1) is 16.8. The smallest absolute Gasteiger partial charge is 0.246 e. The standard InChI is InChI=1S/C11H20N4O4S/c1-18-7-5-15(6-8-19-2)20(16,17)11-9-13-4-3-10(11)14-12/h3-4,9H,5-8,12H2,1-2H3,(H,13,14). The van der Waals surface area contributed by atoms with Crippen LogP contribution in [0.4, 0.5) is 5.69 Å². The van der Waals surface area contributed by atoms with Gasteiger partial charge in [-0.1, -0.05) is 0 Å². The number of rotatable bonds is 9. The lowest BCUT2D eigenvalue weighted by atomic mass is 10.4. The molecule has 0 atom stereocenters. The van der Waals surface area contributed by atoms with Crippen molar-refractivity contribution in [1.82, 2.24) is 9.29 Å². The summed E-state index contributed by atoms with van der Waals surface area (Å²) in [7, 11) is -0.696. The highest BCUT2D eigenvalue weighted by molar-refractivity contribution is 7.89. The summed E-state index contributed by atoms with van der Waals surface area (Å²) in [6.45, 7) is 1.02. The van der Waals surface area contributed by atoms with Crippen molar-refractivity contribution >= 4 is 15.7 Å². The predicted molar refractivity (Wildman–Crippen MR) is 74.6 cm³/mol. The third-order valence-corrected chi connectivity index (χ3v) is 4.57. The molecule has 3 N–H and O–H groups in total. The molecule has 114 valence electrons. The summed E-state index contributed by atoms with van der Waals surface area (Å²) in [6.07, 6.45) is 2.72. The van der Waals surface area contributed by atoms with Crippen LogP contribution in [0.25, 0.3) is 0 Å². The van der Waals surface area contributed by atoms with Gasteiger partial charge < -0.3 is 14.9 Å². The number of sulfonamides is 1. The average Bonchev–Trinajstić information content (AvgIpc) is 2.47. The minimum atomic E-state index is -3.72. The van der Waals surface area contributed by atoms with Gasteiger partial charge in [-0.15, -0.1) is 0 Å². The molecule has 0 saturated heterocycles. The number of nitrogen functional groups attached to an aromatic ring is 1. The summed E-state index contributed by atoms with van der Waals surface area (Å²) >= 11 is 0. The normalized spacial score (nSPS) is 11.8. The number of ether oxygens (including phenoxy) is 2. The Balaban J connectivity index is 3.07. The van der Waals surface area contributed by atoms with Gasteiger partial charge >= 0.3 is 0 Å². The zero-order valence-electron chi connectivity index (χ0n) is 11.6. The van der Waals surface area contributed by atoms with Crippen LogP contribution < -0.4 is 11.3 Å². The fourth-order valence-electron chi connectivity index (χ4n) is 1.58. The lowest BCUT2D eigenvalue weighted by molar-refractivity contribution is 0.150. The summed E-state index contributed by atoms with van der Waals surface area (Å²) in [5, 5.41) is 0. The van der Waals surface area contributed by atoms with Crippen LogP contribution in [0.2, 0.25) is 0 Å². The fraction of sp³-hybridized carbons (Fsp3) is 0.545. The molecule has 0 amide bonds. The SMILES string of the molecule is COCCN(CCOC)S(=O)(=O)c1cnccc1NN. The molecule has 0 unspecified atom stereocenters. The average molecular weight is 304 g/mol. The number of pyridine rings is 1. The van der Waals surface area contributed by atoms with Gasteiger partial charge in [0.25, 0.3) is 0 Å². The highest BCUT2D eigenvalue weighted by Crippen LogP contribution is 2.22.